The van der Waals surface area contributed by atoms with E-state index in [4.69, 9.17) is 4.52 Å². The summed E-state index contributed by atoms with van der Waals surface area (Å²) in [7, 11) is 0. The number of benzene rings is 3. The molecule has 5 rings (SSSR count). The molecule has 0 radical (unpaired) electrons. The van der Waals surface area contributed by atoms with Crippen molar-refractivity contribution in [1.82, 2.24) is 15.0 Å². The van der Waals surface area contributed by atoms with Crippen LogP contribution in [0.25, 0.3) is 22.2 Å². The van der Waals surface area contributed by atoms with Gasteiger partial charge in [-0.2, -0.15) is 0 Å². The van der Waals surface area contributed by atoms with Gasteiger partial charge in [-0.3, -0.25) is 9.80 Å². The molecule has 0 bridgehead atoms. The van der Waals surface area contributed by atoms with Crippen LogP contribution in [0.4, 0.5) is 4.39 Å². The molecule has 1 N–H and O–H groups in total. The summed E-state index contributed by atoms with van der Waals surface area (Å²) in [5, 5.41) is 15.6. The van der Waals surface area contributed by atoms with E-state index in [1.54, 1.807) is 24.3 Å². The molecule has 0 amide bonds. The summed E-state index contributed by atoms with van der Waals surface area (Å²) < 4.78 is 18.9. The second-order valence-corrected chi connectivity index (χ2v) is 8.02. The van der Waals surface area contributed by atoms with Crippen LogP contribution >= 0.6 is 0 Å². The SMILES string of the molecule is Oc1ccc2c(-c3ccc(F)cc3)noc2c1CN1CCN(Cc2ccccc2)CC1. The second kappa shape index (κ2) is 8.49. The van der Waals surface area contributed by atoms with Crippen molar-refractivity contribution in [2.45, 2.75) is 13.1 Å². The Bertz CT molecular complexity index is 1170. The van der Waals surface area contributed by atoms with Crippen molar-refractivity contribution >= 4 is 11.0 Å². The number of halogens is 1. The summed E-state index contributed by atoms with van der Waals surface area (Å²) in [5.41, 5.74) is 4.10. The average molecular weight is 417 g/mol. The summed E-state index contributed by atoms with van der Waals surface area (Å²) in [4.78, 5) is 4.78. The molecule has 3 aromatic carbocycles. The largest absolute Gasteiger partial charge is 0.507 e. The van der Waals surface area contributed by atoms with Gasteiger partial charge in [-0.15, -0.1) is 0 Å². The minimum atomic E-state index is -0.290. The van der Waals surface area contributed by atoms with Gasteiger partial charge >= 0.3 is 0 Å². The highest BCUT2D eigenvalue weighted by molar-refractivity contribution is 5.94. The Morgan fingerprint density at radius 2 is 1.52 bits per heavy atom. The molecule has 0 spiro atoms. The highest BCUT2D eigenvalue weighted by Gasteiger charge is 2.22. The third-order valence-corrected chi connectivity index (χ3v) is 5.93. The van der Waals surface area contributed by atoms with E-state index < -0.39 is 0 Å². The molecule has 0 unspecified atom stereocenters. The van der Waals surface area contributed by atoms with Gasteiger partial charge in [0.15, 0.2) is 5.58 Å². The van der Waals surface area contributed by atoms with Crippen molar-refractivity contribution in [2.75, 3.05) is 26.2 Å². The zero-order valence-electron chi connectivity index (χ0n) is 17.2. The fraction of sp³-hybridized carbons (Fsp3) is 0.240. The molecule has 4 aromatic rings. The predicted molar refractivity (Wildman–Crippen MR) is 118 cm³/mol. The van der Waals surface area contributed by atoms with Gasteiger partial charge in [-0.1, -0.05) is 35.5 Å². The van der Waals surface area contributed by atoms with Crippen LogP contribution in [0.5, 0.6) is 5.75 Å². The van der Waals surface area contributed by atoms with E-state index in [0.29, 0.717) is 17.8 Å². The fourth-order valence-corrected chi connectivity index (χ4v) is 4.19. The summed E-state index contributed by atoms with van der Waals surface area (Å²) >= 11 is 0. The van der Waals surface area contributed by atoms with Crippen LogP contribution in [-0.2, 0) is 13.1 Å². The Labute approximate surface area is 180 Å². The molecule has 0 aliphatic carbocycles. The molecule has 31 heavy (non-hydrogen) atoms. The third-order valence-electron chi connectivity index (χ3n) is 5.93. The predicted octanol–water partition coefficient (Wildman–Crippen LogP) is 4.66. The first-order valence-corrected chi connectivity index (χ1v) is 10.5. The van der Waals surface area contributed by atoms with Gasteiger partial charge in [0.1, 0.15) is 17.3 Å². The van der Waals surface area contributed by atoms with E-state index in [2.05, 4.69) is 39.2 Å². The van der Waals surface area contributed by atoms with Gasteiger partial charge in [-0.25, -0.2) is 4.39 Å². The normalized spacial score (nSPS) is 15.5. The minimum Gasteiger partial charge on any atom is -0.507 e. The fourth-order valence-electron chi connectivity index (χ4n) is 4.19. The zero-order valence-corrected chi connectivity index (χ0v) is 17.2. The summed E-state index contributed by atoms with van der Waals surface area (Å²) in [6.45, 7) is 5.34. The van der Waals surface area contributed by atoms with E-state index in [-0.39, 0.29) is 11.6 Å². The van der Waals surface area contributed by atoms with E-state index in [1.807, 2.05) is 6.07 Å². The lowest BCUT2D eigenvalue weighted by Crippen LogP contribution is -2.45. The first-order valence-electron chi connectivity index (χ1n) is 10.5. The molecule has 6 heteroatoms. The van der Waals surface area contributed by atoms with Crippen molar-refractivity contribution in [2.24, 2.45) is 0 Å². The highest BCUT2D eigenvalue weighted by Crippen LogP contribution is 2.34. The Kier molecular flexibility index (Phi) is 5.40. The molecular weight excluding hydrogens is 393 g/mol. The number of phenols is 1. The number of nitrogens with zero attached hydrogens (tertiary/aromatic N) is 3. The molecule has 0 atom stereocenters. The lowest BCUT2D eigenvalue weighted by Gasteiger charge is -2.34. The molecule has 1 fully saturated rings. The molecule has 2 heterocycles. The summed E-state index contributed by atoms with van der Waals surface area (Å²) in [5.74, 6) is -0.0812. The smallest absolute Gasteiger partial charge is 0.175 e. The Morgan fingerprint density at radius 1 is 0.839 bits per heavy atom. The van der Waals surface area contributed by atoms with E-state index in [9.17, 15) is 9.50 Å². The second-order valence-electron chi connectivity index (χ2n) is 8.02. The van der Waals surface area contributed by atoms with Gasteiger partial charge in [0, 0.05) is 44.8 Å². The van der Waals surface area contributed by atoms with Gasteiger partial charge in [0.05, 0.1) is 10.9 Å². The maximum absolute atomic E-state index is 13.3. The number of aromatic hydroxyl groups is 1. The molecule has 1 aliphatic heterocycles. The maximum atomic E-state index is 13.3. The van der Waals surface area contributed by atoms with Gasteiger partial charge < -0.3 is 9.63 Å². The molecule has 158 valence electrons. The van der Waals surface area contributed by atoms with E-state index in [0.717, 1.165) is 49.2 Å². The maximum Gasteiger partial charge on any atom is 0.175 e. The highest BCUT2D eigenvalue weighted by atomic mass is 19.1. The van der Waals surface area contributed by atoms with Crippen LogP contribution < -0.4 is 0 Å². The van der Waals surface area contributed by atoms with Crippen LogP contribution in [0.3, 0.4) is 0 Å². The van der Waals surface area contributed by atoms with Crippen LogP contribution in [-0.4, -0.2) is 46.2 Å². The molecular formula is C25H24FN3O2. The monoisotopic (exact) mass is 417 g/mol. The van der Waals surface area contributed by atoms with E-state index in [1.165, 1.54) is 17.7 Å². The van der Waals surface area contributed by atoms with Gasteiger partial charge in [0.2, 0.25) is 0 Å². The third kappa shape index (κ3) is 4.17. The van der Waals surface area contributed by atoms with Crippen LogP contribution in [0.2, 0.25) is 0 Å². The number of piperazine rings is 1. The molecule has 5 nitrogen and oxygen atoms in total. The van der Waals surface area contributed by atoms with Crippen molar-refractivity contribution in [1.29, 1.82) is 0 Å². The Balaban J connectivity index is 1.32. The average Bonchev–Trinajstić information content (AvgIpc) is 3.22. The number of phenolic OH excluding ortho intramolecular Hbond substituents is 1. The molecule has 1 saturated heterocycles. The standard InChI is InChI=1S/C25H24FN3O2/c26-20-8-6-19(7-9-20)24-21-10-11-23(30)22(25(21)31-27-24)17-29-14-12-28(13-15-29)16-18-4-2-1-3-5-18/h1-11,30H,12-17H2. The van der Waals surface area contributed by atoms with Gasteiger partial charge in [0.25, 0.3) is 0 Å². The number of hydrogen-bond donors (Lipinski definition) is 1. The Morgan fingerprint density at radius 3 is 2.23 bits per heavy atom. The van der Waals surface area contributed by atoms with Crippen LogP contribution in [0.15, 0.2) is 71.3 Å². The quantitative estimate of drug-likeness (QED) is 0.512. The zero-order chi connectivity index (χ0) is 21.2. The molecule has 0 saturated carbocycles. The topological polar surface area (TPSA) is 52.7 Å². The minimum absolute atomic E-state index is 0.209. The number of fused-ring (bicyclic) bond motifs is 1. The van der Waals surface area contributed by atoms with E-state index >= 15 is 0 Å². The lowest BCUT2D eigenvalue weighted by molar-refractivity contribution is 0.121. The summed E-state index contributed by atoms with van der Waals surface area (Å²) in [6, 6.07) is 20.2. The number of rotatable bonds is 5. The molecule has 1 aliphatic rings. The van der Waals surface area contributed by atoms with Crippen molar-refractivity contribution in [3.8, 4) is 17.0 Å². The first kappa shape index (κ1) is 19.7. The number of hydrogen-bond acceptors (Lipinski definition) is 5. The first-order chi connectivity index (χ1) is 15.2. The molecule has 1 aromatic heterocycles. The van der Waals surface area contributed by atoms with Crippen molar-refractivity contribution < 1.29 is 14.0 Å². The van der Waals surface area contributed by atoms with Gasteiger partial charge in [-0.05, 0) is 42.0 Å². The number of aromatic nitrogens is 1. The Hall–Kier alpha value is -3.22. The van der Waals surface area contributed by atoms with Crippen LogP contribution in [0.1, 0.15) is 11.1 Å². The summed E-state index contributed by atoms with van der Waals surface area (Å²) in [6.07, 6.45) is 0. The lowest BCUT2D eigenvalue weighted by atomic mass is 10.0. The van der Waals surface area contributed by atoms with Crippen LogP contribution in [0, 0.1) is 5.82 Å². The van der Waals surface area contributed by atoms with Crippen molar-refractivity contribution in [3.05, 3.63) is 83.7 Å². The van der Waals surface area contributed by atoms with Crippen molar-refractivity contribution in [3.63, 3.8) is 0 Å².